The predicted octanol–water partition coefficient (Wildman–Crippen LogP) is 3.34. The third-order valence-corrected chi connectivity index (χ3v) is 3.57. The quantitative estimate of drug-likeness (QED) is 0.842. The van der Waals surface area contributed by atoms with E-state index >= 15 is 0 Å². The molecule has 0 spiro atoms. The maximum Gasteiger partial charge on any atom is 0.163 e. The molecule has 1 aliphatic rings. The van der Waals surface area contributed by atoms with Crippen LogP contribution < -0.4 is 0 Å². The third kappa shape index (κ3) is 2.21. The van der Waals surface area contributed by atoms with Crippen LogP contribution >= 0.6 is 0 Å². The number of hydrogen-bond donors (Lipinski definition) is 0. The summed E-state index contributed by atoms with van der Waals surface area (Å²) in [6.45, 7) is 5.29. The van der Waals surface area contributed by atoms with E-state index in [-0.39, 0.29) is 5.78 Å². The minimum absolute atomic E-state index is 0.270. The van der Waals surface area contributed by atoms with Crippen LogP contribution in [0.25, 0.3) is 11.1 Å². The van der Waals surface area contributed by atoms with E-state index in [4.69, 9.17) is 0 Å². The van der Waals surface area contributed by atoms with E-state index in [0.717, 1.165) is 24.1 Å². The van der Waals surface area contributed by atoms with E-state index in [1.807, 2.05) is 23.0 Å². The second-order valence-corrected chi connectivity index (χ2v) is 5.60. The van der Waals surface area contributed by atoms with Crippen molar-refractivity contribution in [2.75, 3.05) is 0 Å². The molecule has 1 aromatic heterocycles. The Bertz CT molecular complexity index is 625. The number of aromatic nitrogens is 2. The zero-order valence-corrected chi connectivity index (χ0v) is 11.4. The second-order valence-electron chi connectivity index (χ2n) is 5.60. The van der Waals surface area contributed by atoms with Crippen molar-refractivity contribution in [1.29, 1.82) is 0 Å². The first kappa shape index (κ1) is 12.2. The van der Waals surface area contributed by atoms with Gasteiger partial charge in [0.2, 0.25) is 0 Å². The van der Waals surface area contributed by atoms with Gasteiger partial charge in [0, 0.05) is 30.3 Å². The number of benzene rings is 1. The average molecular weight is 254 g/mol. The van der Waals surface area contributed by atoms with Crippen LogP contribution in [0.2, 0.25) is 0 Å². The summed E-state index contributed by atoms with van der Waals surface area (Å²) in [5.74, 6) is 0.849. The molecule has 98 valence electrons. The molecule has 0 fully saturated rings. The zero-order chi connectivity index (χ0) is 13.4. The first-order valence-electron chi connectivity index (χ1n) is 6.83. The molecule has 0 saturated heterocycles. The number of fused-ring (bicyclic) bond motifs is 1. The van der Waals surface area contributed by atoms with Crippen LogP contribution in [-0.2, 0) is 13.0 Å². The lowest BCUT2D eigenvalue weighted by molar-refractivity contribution is 0.0994. The molecule has 1 aromatic carbocycles. The maximum absolute atomic E-state index is 11.8. The minimum Gasteiger partial charge on any atom is -0.294 e. The van der Waals surface area contributed by atoms with E-state index in [0.29, 0.717) is 12.3 Å². The Morgan fingerprint density at radius 2 is 2.05 bits per heavy atom. The van der Waals surface area contributed by atoms with Crippen LogP contribution in [0.1, 0.15) is 36.2 Å². The Hall–Kier alpha value is -1.90. The van der Waals surface area contributed by atoms with E-state index in [1.54, 1.807) is 0 Å². The number of ketones is 1. The molecular weight excluding hydrogens is 236 g/mol. The molecule has 3 nitrogen and oxygen atoms in total. The normalized spacial score (nSPS) is 14.2. The van der Waals surface area contributed by atoms with Gasteiger partial charge in [-0.2, -0.15) is 5.10 Å². The molecule has 0 unspecified atom stereocenters. The number of carbonyl (C=O) groups is 1. The lowest BCUT2D eigenvalue weighted by Gasteiger charge is -2.06. The molecule has 0 saturated carbocycles. The first-order valence-corrected chi connectivity index (χ1v) is 6.83. The van der Waals surface area contributed by atoms with Gasteiger partial charge < -0.3 is 0 Å². The molecule has 3 heteroatoms. The fourth-order valence-electron chi connectivity index (χ4n) is 2.74. The van der Waals surface area contributed by atoms with Gasteiger partial charge in [0.25, 0.3) is 0 Å². The van der Waals surface area contributed by atoms with Crippen molar-refractivity contribution in [2.45, 2.75) is 33.2 Å². The van der Waals surface area contributed by atoms with Crippen molar-refractivity contribution < 1.29 is 4.79 Å². The summed E-state index contributed by atoms with van der Waals surface area (Å²) in [6.07, 6.45) is 5.49. The summed E-state index contributed by atoms with van der Waals surface area (Å²) in [7, 11) is 0. The van der Waals surface area contributed by atoms with Gasteiger partial charge in [0.15, 0.2) is 5.78 Å². The highest BCUT2D eigenvalue weighted by molar-refractivity contribution is 6.02. The van der Waals surface area contributed by atoms with Gasteiger partial charge in [0.05, 0.1) is 6.20 Å². The SMILES string of the molecule is CC(C)Cn1cc(-c2cccc3c2CCC3=O)cn1. The fourth-order valence-corrected chi connectivity index (χ4v) is 2.74. The Morgan fingerprint density at radius 3 is 2.84 bits per heavy atom. The third-order valence-electron chi connectivity index (χ3n) is 3.57. The lowest BCUT2D eigenvalue weighted by Crippen LogP contribution is -2.04. The Balaban J connectivity index is 1.99. The summed E-state index contributed by atoms with van der Waals surface area (Å²) in [5.41, 5.74) is 4.37. The van der Waals surface area contributed by atoms with Gasteiger partial charge in [0.1, 0.15) is 0 Å². The molecule has 0 amide bonds. The number of hydrogen-bond acceptors (Lipinski definition) is 2. The largest absolute Gasteiger partial charge is 0.294 e. The lowest BCUT2D eigenvalue weighted by atomic mass is 9.99. The van der Waals surface area contributed by atoms with Crippen LogP contribution in [0.5, 0.6) is 0 Å². The number of rotatable bonds is 3. The average Bonchev–Trinajstić information content (AvgIpc) is 2.96. The maximum atomic E-state index is 11.8. The van der Waals surface area contributed by atoms with E-state index < -0.39 is 0 Å². The molecule has 0 bridgehead atoms. The van der Waals surface area contributed by atoms with Crippen LogP contribution in [0.3, 0.4) is 0 Å². The molecule has 0 N–H and O–H groups in total. The van der Waals surface area contributed by atoms with Gasteiger partial charge in [-0.05, 0) is 23.5 Å². The van der Waals surface area contributed by atoms with Gasteiger partial charge in [-0.15, -0.1) is 0 Å². The summed E-state index contributed by atoms with van der Waals surface area (Å²) in [6, 6.07) is 6.00. The molecule has 1 heterocycles. The van der Waals surface area contributed by atoms with Crippen molar-refractivity contribution in [3.63, 3.8) is 0 Å². The van der Waals surface area contributed by atoms with Crippen LogP contribution in [0, 0.1) is 5.92 Å². The van der Waals surface area contributed by atoms with E-state index in [9.17, 15) is 4.79 Å². The molecule has 1 aliphatic carbocycles. The Kier molecular flexibility index (Phi) is 2.97. The van der Waals surface area contributed by atoms with Crippen molar-refractivity contribution >= 4 is 5.78 Å². The number of carbonyl (C=O) groups excluding carboxylic acids is 1. The van der Waals surface area contributed by atoms with Gasteiger partial charge in [-0.1, -0.05) is 32.0 Å². The molecule has 0 radical (unpaired) electrons. The highest BCUT2D eigenvalue weighted by Crippen LogP contribution is 2.32. The summed E-state index contributed by atoms with van der Waals surface area (Å²) < 4.78 is 1.98. The minimum atomic E-state index is 0.270. The number of Topliss-reactive ketones (excluding diaryl/α,β-unsaturated/α-hetero) is 1. The standard InChI is InChI=1S/C16H18N2O/c1-11(2)9-18-10-12(8-17-18)13-4-3-5-15-14(13)6-7-16(15)19/h3-5,8,10-11H,6-7,9H2,1-2H3. The van der Waals surface area contributed by atoms with Gasteiger partial charge >= 0.3 is 0 Å². The summed E-state index contributed by atoms with van der Waals surface area (Å²) in [5, 5.41) is 4.41. The van der Waals surface area contributed by atoms with E-state index in [1.165, 1.54) is 11.1 Å². The molecule has 0 aliphatic heterocycles. The summed E-state index contributed by atoms with van der Waals surface area (Å²) >= 11 is 0. The molecule has 2 aromatic rings. The first-order chi connectivity index (χ1) is 9.15. The predicted molar refractivity (Wildman–Crippen MR) is 75.2 cm³/mol. The van der Waals surface area contributed by atoms with Crippen molar-refractivity contribution in [2.24, 2.45) is 5.92 Å². The number of nitrogens with zero attached hydrogens (tertiary/aromatic N) is 2. The fraction of sp³-hybridized carbons (Fsp3) is 0.375. The highest BCUT2D eigenvalue weighted by atomic mass is 16.1. The van der Waals surface area contributed by atoms with Crippen LogP contribution in [0.15, 0.2) is 30.6 Å². The van der Waals surface area contributed by atoms with Gasteiger partial charge in [-0.25, -0.2) is 0 Å². The van der Waals surface area contributed by atoms with Crippen molar-refractivity contribution in [1.82, 2.24) is 9.78 Å². The van der Waals surface area contributed by atoms with Crippen LogP contribution in [0.4, 0.5) is 0 Å². The molecular formula is C16H18N2O. The molecule has 0 atom stereocenters. The highest BCUT2D eigenvalue weighted by Gasteiger charge is 2.22. The van der Waals surface area contributed by atoms with Crippen LogP contribution in [-0.4, -0.2) is 15.6 Å². The Labute approximate surface area is 113 Å². The molecule has 3 rings (SSSR count). The van der Waals surface area contributed by atoms with Gasteiger partial charge in [-0.3, -0.25) is 9.48 Å². The smallest absolute Gasteiger partial charge is 0.163 e. The van der Waals surface area contributed by atoms with E-state index in [2.05, 4.69) is 31.2 Å². The molecule has 19 heavy (non-hydrogen) atoms. The Morgan fingerprint density at radius 1 is 1.26 bits per heavy atom. The zero-order valence-electron chi connectivity index (χ0n) is 11.4. The second kappa shape index (κ2) is 4.65. The van der Waals surface area contributed by atoms with Crippen molar-refractivity contribution in [3.8, 4) is 11.1 Å². The summed E-state index contributed by atoms with van der Waals surface area (Å²) in [4.78, 5) is 11.8. The monoisotopic (exact) mass is 254 g/mol. The van der Waals surface area contributed by atoms with Crippen molar-refractivity contribution in [3.05, 3.63) is 41.7 Å². The topological polar surface area (TPSA) is 34.9 Å².